The molecule has 0 heterocycles. The highest BCUT2D eigenvalue weighted by molar-refractivity contribution is 6.07. The standard InChI is InChI=1S/C10H17ClO/c1-9(2)7-4-5-10(9,3)8(6-7)12-11/h7-8H,4-6H2,1-3H3/t7?,8?,10-/m0/s1. The maximum Gasteiger partial charge on any atom is 0.0852 e. The molecule has 2 aliphatic carbocycles. The summed E-state index contributed by atoms with van der Waals surface area (Å²) in [5, 5.41) is 0. The predicted octanol–water partition coefficient (Wildman–Crippen LogP) is 3.37. The molecule has 2 aliphatic rings. The number of hydrogen-bond donors (Lipinski definition) is 0. The summed E-state index contributed by atoms with van der Waals surface area (Å²) in [6, 6.07) is 0. The highest BCUT2D eigenvalue weighted by atomic mass is 35.5. The predicted molar refractivity (Wildman–Crippen MR) is 50.0 cm³/mol. The summed E-state index contributed by atoms with van der Waals surface area (Å²) in [7, 11) is 0. The van der Waals surface area contributed by atoms with Crippen molar-refractivity contribution in [1.29, 1.82) is 0 Å². The third-order valence-corrected chi connectivity index (χ3v) is 5.04. The quantitative estimate of drug-likeness (QED) is 0.613. The van der Waals surface area contributed by atoms with Gasteiger partial charge in [0.05, 0.1) is 18.0 Å². The zero-order chi connectivity index (χ0) is 8.98. The molecule has 2 saturated carbocycles. The van der Waals surface area contributed by atoms with Crippen LogP contribution in [0.3, 0.4) is 0 Å². The van der Waals surface area contributed by atoms with Crippen LogP contribution in [0.15, 0.2) is 0 Å². The first kappa shape index (κ1) is 8.83. The Morgan fingerprint density at radius 3 is 2.25 bits per heavy atom. The maximum absolute atomic E-state index is 5.52. The van der Waals surface area contributed by atoms with Crippen LogP contribution in [0.4, 0.5) is 0 Å². The largest absolute Gasteiger partial charge is 0.275 e. The van der Waals surface area contributed by atoms with E-state index in [9.17, 15) is 0 Å². The molecule has 0 N–H and O–H groups in total. The zero-order valence-corrected chi connectivity index (χ0v) is 8.82. The zero-order valence-electron chi connectivity index (χ0n) is 8.06. The molecule has 2 rings (SSSR count). The van der Waals surface area contributed by atoms with Crippen LogP contribution >= 0.6 is 11.9 Å². The number of hydrogen-bond acceptors (Lipinski definition) is 1. The fourth-order valence-corrected chi connectivity index (χ4v) is 3.53. The molecule has 70 valence electrons. The Kier molecular flexibility index (Phi) is 1.76. The minimum atomic E-state index is 0.285. The van der Waals surface area contributed by atoms with E-state index < -0.39 is 0 Å². The van der Waals surface area contributed by atoms with Crippen LogP contribution in [0.5, 0.6) is 0 Å². The molecule has 2 fully saturated rings. The Labute approximate surface area is 79.6 Å². The van der Waals surface area contributed by atoms with Crippen molar-refractivity contribution in [2.75, 3.05) is 0 Å². The lowest BCUT2D eigenvalue weighted by molar-refractivity contribution is 0.0365. The molecular formula is C10H17ClO. The minimum absolute atomic E-state index is 0.285. The molecule has 3 atom stereocenters. The van der Waals surface area contributed by atoms with Crippen LogP contribution < -0.4 is 0 Å². The summed E-state index contributed by atoms with van der Waals surface area (Å²) in [5.41, 5.74) is 0.742. The summed E-state index contributed by atoms with van der Waals surface area (Å²) in [6.45, 7) is 7.05. The van der Waals surface area contributed by atoms with Crippen molar-refractivity contribution in [1.82, 2.24) is 0 Å². The molecule has 0 aromatic rings. The van der Waals surface area contributed by atoms with E-state index in [1.165, 1.54) is 12.8 Å². The molecule has 0 spiro atoms. The van der Waals surface area contributed by atoms with E-state index >= 15 is 0 Å². The lowest BCUT2D eigenvalue weighted by Crippen LogP contribution is -2.35. The van der Waals surface area contributed by atoms with Gasteiger partial charge in [-0.25, -0.2) is 0 Å². The first-order chi connectivity index (χ1) is 5.52. The third kappa shape index (κ3) is 0.793. The highest BCUT2D eigenvalue weighted by Gasteiger charge is 2.62. The first-order valence-corrected chi connectivity index (χ1v) is 5.10. The van der Waals surface area contributed by atoms with Gasteiger partial charge in [0, 0.05) is 5.41 Å². The Hall–Kier alpha value is 0.250. The summed E-state index contributed by atoms with van der Waals surface area (Å²) < 4.78 is 5.06. The lowest BCUT2D eigenvalue weighted by Gasteiger charge is -2.37. The van der Waals surface area contributed by atoms with Crippen LogP contribution in [0, 0.1) is 16.7 Å². The average Bonchev–Trinajstić information content (AvgIpc) is 2.34. The molecule has 0 saturated heterocycles. The fourth-order valence-electron chi connectivity index (χ4n) is 3.26. The van der Waals surface area contributed by atoms with E-state index in [4.69, 9.17) is 16.2 Å². The SMILES string of the molecule is CC1(C)C2CC[C@@]1(C)C(OCl)C2. The van der Waals surface area contributed by atoms with Gasteiger partial charge in [-0.05, 0) is 30.6 Å². The molecule has 2 bridgehead atoms. The van der Waals surface area contributed by atoms with Gasteiger partial charge in [-0.3, -0.25) is 4.29 Å². The van der Waals surface area contributed by atoms with E-state index in [-0.39, 0.29) is 6.10 Å². The molecule has 0 radical (unpaired) electrons. The van der Waals surface area contributed by atoms with Gasteiger partial charge in [0.15, 0.2) is 0 Å². The third-order valence-electron chi connectivity index (χ3n) is 4.82. The molecule has 12 heavy (non-hydrogen) atoms. The first-order valence-electron chi connectivity index (χ1n) is 4.80. The Morgan fingerprint density at radius 1 is 1.33 bits per heavy atom. The van der Waals surface area contributed by atoms with E-state index in [0.29, 0.717) is 10.8 Å². The van der Waals surface area contributed by atoms with Crippen LogP contribution in [0.1, 0.15) is 40.0 Å². The average molecular weight is 189 g/mol. The second-order valence-corrected chi connectivity index (χ2v) is 5.37. The van der Waals surface area contributed by atoms with Crippen molar-refractivity contribution in [3.63, 3.8) is 0 Å². The van der Waals surface area contributed by atoms with Crippen LogP contribution in [-0.2, 0) is 4.29 Å². The smallest absolute Gasteiger partial charge is 0.0852 e. The number of rotatable bonds is 1. The van der Waals surface area contributed by atoms with Gasteiger partial charge in [-0.15, -0.1) is 0 Å². The molecule has 2 unspecified atom stereocenters. The Morgan fingerprint density at radius 2 is 2.00 bits per heavy atom. The topological polar surface area (TPSA) is 9.23 Å². The summed E-state index contributed by atoms with van der Waals surface area (Å²) in [5.74, 6) is 0.825. The lowest BCUT2D eigenvalue weighted by atomic mass is 9.70. The van der Waals surface area contributed by atoms with Crippen LogP contribution in [0.2, 0.25) is 0 Å². The second-order valence-electron chi connectivity index (χ2n) is 5.19. The summed E-state index contributed by atoms with van der Waals surface area (Å²) >= 11 is 5.52. The molecule has 1 nitrogen and oxygen atoms in total. The van der Waals surface area contributed by atoms with Gasteiger partial charge in [-0.2, -0.15) is 0 Å². The van der Waals surface area contributed by atoms with Gasteiger partial charge in [0.25, 0.3) is 0 Å². The van der Waals surface area contributed by atoms with E-state index in [1.54, 1.807) is 0 Å². The van der Waals surface area contributed by atoms with Crippen LogP contribution in [-0.4, -0.2) is 6.10 Å². The van der Waals surface area contributed by atoms with Crippen molar-refractivity contribution < 1.29 is 4.29 Å². The summed E-state index contributed by atoms with van der Waals surface area (Å²) in [6.07, 6.45) is 4.09. The van der Waals surface area contributed by atoms with Gasteiger partial charge >= 0.3 is 0 Å². The van der Waals surface area contributed by atoms with E-state index in [1.807, 2.05) is 0 Å². The van der Waals surface area contributed by atoms with Crippen LogP contribution in [0.25, 0.3) is 0 Å². The molecule has 0 aromatic heterocycles. The summed E-state index contributed by atoms with van der Waals surface area (Å²) in [4.78, 5) is 0. The van der Waals surface area contributed by atoms with E-state index in [0.717, 1.165) is 12.3 Å². The fraction of sp³-hybridized carbons (Fsp3) is 1.00. The molecular weight excluding hydrogens is 172 g/mol. The highest BCUT2D eigenvalue weighted by Crippen LogP contribution is 2.66. The monoisotopic (exact) mass is 188 g/mol. The minimum Gasteiger partial charge on any atom is -0.275 e. The van der Waals surface area contributed by atoms with Gasteiger partial charge in [0.1, 0.15) is 0 Å². The molecule has 0 amide bonds. The normalized spacial score (nSPS) is 50.0. The van der Waals surface area contributed by atoms with Crippen molar-refractivity contribution in [2.45, 2.75) is 46.1 Å². The molecule has 0 aromatic carbocycles. The van der Waals surface area contributed by atoms with Crippen molar-refractivity contribution >= 4 is 11.9 Å². The molecule has 0 aliphatic heterocycles. The van der Waals surface area contributed by atoms with Crippen molar-refractivity contribution in [3.05, 3.63) is 0 Å². The maximum atomic E-state index is 5.52. The number of halogens is 1. The Balaban J connectivity index is 2.33. The number of fused-ring (bicyclic) bond motifs is 2. The second kappa shape index (κ2) is 2.39. The van der Waals surface area contributed by atoms with Gasteiger partial charge in [0.2, 0.25) is 0 Å². The Bertz CT molecular complexity index is 202. The molecule has 2 heteroatoms. The van der Waals surface area contributed by atoms with Crippen molar-refractivity contribution in [2.24, 2.45) is 16.7 Å². The van der Waals surface area contributed by atoms with Gasteiger partial charge in [-0.1, -0.05) is 20.8 Å². The van der Waals surface area contributed by atoms with Crippen molar-refractivity contribution in [3.8, 4) is 0 Å². The van der Waals surface area contributed by atoms with E-state index in [2.05, 4.69) is 20.8 Å². The van der Waals surface area contributed by atoms with Gasteiger partial charge < -0.3 is 0 Å².